The lowest BCUT2D eigenvalue weighted by Crippen LogP contribution is -2.33. The maximum absolute atomic E-state index is 3.94. The van der Waals surface area contributed by atoms with Gasteiger partial charge in [-0.25, -0.2) is 0 Å². The molecule has 70 valence electrons. The molecule has 0 saturated heterocycles. The van der Waals surface area contributed by atoms with E-state index in [2.05, 4.69) is 32.7 Å². The second-order valence-electron chi connectivity index (χ2n) is 4.37. The SMILES string of the molecule is C=C(C)CC(C)C(C)NC1CC1. The quantitative estimate of drug-likeness (QED) is 0.621. The zero-order chi connectivity index (χ0) is 9.14. The molecule has 2 unspecified atom stereocenters. The zero-order valence-corrected chi connectivity index (χ0v) is 8.56. The van der Waals surface area contributed by atoms with Crippen LogP contribution in [0.5, 0.6) is 0 Å². The standard InChI is InChI=1S/C11H21N/c1-8(2)7-9(3)10(4)12-11-5-6-11/h9-12H,1,5-7H2,2-4H3. The molecule has 2 atom stereocenters. The van der Waals surface area contributed by atoms with E-state index in [1.54, 1.807) is 0 Å². The molecule has 1 aliphatic rings. The van der Waals surface area contributed by atoms with Gasteiger partial charge in [0.15, 0.2) is 0 Å². The van der Waals surface area contributed by atoms with Crippen molar-refractivity contribution in [3.63, 3.8) is 0 Å². The lowest BCUT2D eigenvalue weighted by Gasteiger charge is -2.21. The van der Waals surface area contributed by atoms with E-state index in [0.29, 0.717) is 6.04 Å². The number of hydrogen-bond acceptors (Lipinski definition) is 1. The lowest BCUT2D eigenvalue weighted by atomic mass is 9.96. The van der Waals surface area contributed by atoms with E-state index in [1.807, 2.05) is 0 Å². The molecule has 1 fully saturated rings. The molecular formula is C11H21N. The van der Waals surface area contributed by atoms with Crippen molar-refractivity contribution >= 4 is 0 Å². The predicted molar refractivity (Wildman–Crippen MR) is 54.2 cm³/mol. The van der Waals surface area contributed by atoms with Gasteiger partial charge in [-0.3, -0.25) is 0 Å². The molecule has 1 aliphatic carbocycles. The molecule has 0 aromatic heterocycles. The highest BCUT2D eigenvalue weighted by Crippen LogP contribution is 2.22. The summed E-state index contributed by atoms with van der Waals surface area (Å²) < 4.78 is 0. The minimum atomic E-state index is 0.647. The Hall–Kier alpha value is -0.300. The van der Waals surface area contributed by atoms with E-state index in [4.69, 9.17) is 0 Å². The summed E-state index contributed by atoms with van der Waals surface area (Å²) in [5, 5.41) is 3.62. The second-order valence-corrected chi connectivity index (χ2v) is 4.37. The van der Waals surface area contributed by atoms with Crippen LogP contribution in [0.3, 0.4) is 0 Å². The van der Waals surface area contributed by atoms with Crippen LogP contribution >= 0.6 is 0 Å². The Balaban J connectivity index is 2.19. The second kappa shape index (κ2) is 4.08. The van der Waals surface area contributed by atoms with Crippen LogP contribution in [0.4, 0.5) is 0 Å². The molecule has 12 heavy (non-hydrogen) atoms. The van der Waals surface area contributed by atoms with Crippen molar-refractivity contribution in [1.82, 2.24) is 5.32 Å². The fourth-order valence-electron chi connectivity index (χ4n) is 1.51. The van der Waals surface area contributed by atoms with Gasteiger partial charge in [-0.1, -0.05) is 12.5 Å². The third-order valence-corrected chi connectivity index (χ3v) is 2.60. The molecule has 0 bridgehead atoms. The van der Waals surface area contributed by atoms with Crippen LogP contribution in [0.25, 0.3) is 0 Å². The summed E-state index contributed by atoms with van der Waals surface area (Å²) >= 11 is 0. The molecule has 0 aromatic rings. The first kappa shape index (κ1) is 9.79. The van der Waals surface area contributed by atoms with E-state index in [-0.39, 0.29) is 0 Å². The normalized spacial score (nSPS) is 21.9. The molecule has 0 amide bonds. The fourth-order valence-corrected chi connectivity index (χ4v) is 1.51. The third kappa shape index (κ3) is 3.40. The summed E-state index contributed by atoms with van der Waals surface area (Å²) in [5.41, 5.74) is 1.30. The molecule has 1 rings (SSSR count). The molecule has 0 aromatic carbocycles. The highest BCUT2D eigenvalue weighted by Gasteiger charge is 2.24. The molecule has 1 heteroatoms. The molecule has 1 nitrogen and oxygen atoms in total. The van der Waals surface area contributed by atoms with Crippen molar-refractivity contribution < 1.29 is 0 Å². The minimum absolute atomic E-state index is 0.647. The molecule has 1 saturated carbocycles. The van der Waals surface area contributed by atoms with Crippen molar-refractivity contribution in [3.05, 3.63) is 12.2 Å². The number of allylic oxidation sites excluding steroid dienone is 1. The Morgan fingerprint density at radius 2 is 2.08 bits per heavy atom. The molecule has 0 aliphatic heterocycles. The van der Waals surface area contributed by atoms with Gasteiger partial charge in [0.25, 0.3) is 0 Å². The van der Waals surface area contributed by atoms with Gasteiger partial charge in [0, 0.05) is 12.1 Å². The number of hydrogen-bond donors (Lipinski definition) is 1. The number of nitrogens with one attached hydrogen (secondary N) is 1. The Morgan fingerprint density at radius 1 is 1.50 bits per heavy atom. The van der Waals surface area contributed by atoms with E-state index >= 15 is 0 Å². The molecule has 0 spiro atoms. The largest absolute Gasteiger partial charge is 0.311 e. The summed E-state index contributed by atoms with van der Waals surface area (Å²) in [6.07, 6.45) is 3.91. The van der Waals surface area contributed by atoms with E-state index in [1.165, 1.54) is 18.4 Å². The lowest BCUT2D eigenvalue weighted by molar-refractivity contribution is 0.395. The fraction of sp³-hybridized carbons (Fsp3) is 0.818. The Morgan fingerprint density at radius 3 is 2.50 bits per heavy atom. The van der Waals surface area contributed by atoms with Crippen LogP contribution in [-0.4, -0.2) is 12.1 Å². The summed E-state index contributed by atoms with van der Waals surface area (Å²) in [4.78, 5) is 0. The predicted octanol–water partition coefficient (Wildman–Crippen LogP) is 2.73. The molecule has 1 N–H and O–H groups in total. The molecular weight excluding hydrogens is 146 g/mol. The maximum Gasteiger partial charge on any atom is 0.00708 e. The van der Waals surface area contributed by atoms with Gasteiger partial charge in [-0.2, -0.15) is 0 Å². The van der Waals surface area contributed by atoms with Gasteiger partial charge in [-0.15, -0.1) is 6.58 Å². The van der Waals surface area contributed by atoms with Gasteiger partial charge in [0.1, 0.15) is 0 Å². The van der Waals surface area contributed by atoms with Gasteiger partial charge < -0.3 is 5.32 Å². The van der Waals surface area contributed by atoms with Crippen LogP contribution in [0.15, 0.2) is 12.2 Å². The molecule has 0 heterocycles. The van der Waals surface area contributed by atoms with Crippen LogP contribution in [0.2, 0.25) is 0 Å². The minimum Gasteiger partial charge on any atom is -0.311 e. The average molecular weight is 167 g/mol. The topological polar surface area (TPSA) is 12.0 Å². The average Bonchev–Trinajstić information content (AvgIpc) is 2.70. The first-order chi connectivity index (χ1) is 5.59. The maximum atomic E-state index is 3.94. The smallest absolute Gasteiger partial charge is 0.00708 e. The molecule has 0 radical (unpaired) electrons. The van der Waals surface area contributed by atoms with Crippen molar-refractivity contribution in [1.29, 1.82) is 0 Å². The summed E-state index contributed by atoms with van der Waals surface area (Å²) in [6.45, 7) is 10.6. The van der Waals surface area contributed by atoms with Gasteiger partial charge >= 0.3 is 0 Å². The third-order valence-electron chi connectivity index (χ3n) is 2.60. The van der Waals surface area contributed by atoms with Crippen LogP contribution < -0.4 is 5.32 Å². The van der Waals surface area contributed by atoms with Gasteiger partial charge in [0.05, 0.1) is 0 Å². The first-order valence-corrected chi connectivity index (χ1v) is 5.00. The van der Waals surface area contributed by atoms with Crippen molar-refractivity contribution in [2.75, 3.05) is 0 Å². The monoisotopic (exact) mass is 167 g/mol. The zero-order valence-electron chi connectivity index (χ0n) is 8.56. The van der Waals surface area contributed by atoms with E-state index < -0.39 is 0 Å². The number of rotatable bonds is 5. The van der Waals surface area contributed by atoms with E-state index in [0.717, 1.165) is 18.4 Å². The van der Waals surface area contributed by atoms with Crippen molar-refractivity contribution in [2.24, 2.45) is 5.92 Å². The van der Waals surface area contributed by atoms with E-state index in [9.17, 15) is 0 Å². The Labute approximate surface area is 76.2 Å². The summed E-state index contributed by atoms with van der Waals surface area (Å²) in [6, 6.07) is 1.47. The van der Waals surface area contributed by atoms with Gasteiger partial charge in [0.2, 0.25) is 0 Å². The van der Waals surface area contributed by atoms with Crippen LogP contribution in [0, 0.1) is 5.92 Å². The Bertz CT molecular complexity index is 158. The first-order valence-electron chi connectivity index (χ1n) is 5.00. The van der Waals surface area contributed by atoms with Crippen molar-refractivity contribution in [3.8, 4) is 0 Å². The van der Waals surface area contributed by atoms with Crippen molar-refractivity contribution in [2.45, 2.75) is 52.1 Å². The Kier molecular flexibility index (Phi) is 3.33. The van der Waals surface area contributed by atoms with Gasteiger partial charge in [-0.05, 0) is 39.0 Å². The summed E-state index contributed by atoms with van der Waals surface area (Å²) in [5.74, 6) is 0.725. The van der Waals surface area contributed by atoms with Crippen LogP contribution in [-0.2, 0) is 0 Å². The highest BCUT2D eigenvalue weighted by atomic mass is 15.0. The van der Waals surface area contributed by atoms with Crippen LogP contribution in [0.1, 0.15) is 40.0 Å². The highest BCUT2D eigenvalue weighted by molar-refractivity contribution is 4.93. The summed E-state index contributed by atoms with van der Waals surface area (Å²) in [7, 11) is 0.